The van der Waals surface area contributed by atoms with Crippen LogP contribution in [0.25, 0.3) is 11.5 Å². The van der Waals surface area contributed by atoms with Gasteiger partial charge in [0.2, 0.25) is 5.89 Å². The third-order valence-corrected chi connectivity index (χ3v) is 6.47. The monoisotopic (exact) mass is 448 g/mol. The van der Waals surface area contributed by atoms with Crippen molar-refractivity contribution < 1.29 is 19.1 Å². The molecule has 33 heavy (non-hydrogen) atoms. The zero-order chi connectivity index (χ0) is 23.0. The average molecular weight is 449 g/mol. The van der Waals surface area contributed by atoms with Crippen molar-refractivity contribution in [3.63, 3.8) is 0 Å². The molecule has 0 saturated carbocycles. The highest BCUT2D eigenvalue weighted by atomic mass is 16.5. The molecule has 2 aliphatic rings. The Labute approximate surface area is 192 Å². The van der Waals surface area contributed by atoms with Crippen LogP contribution in [0.3, 0.4) is 0 Å². The minimum atomic E-state index is -0.519. The fraction of sp³-hybridized carbons (Fsp3) is 0.400. The minimum absolute atomic E-state index is 0.00605. The lowest BCUT2D eigenvalue weighted by molar-refractivity contribution is -0.103. The number of aryl methyl sites for hydroxylation is 1. The van der Waals surface area contributed by atoms with Crippen molar-refractivity contribution in [1.82, 2.24) is 20.0 Å². The second-order valence-corrected chi connectivity index (χ2v) is 9.04. The van der Waals surface area contributed by atoms with Gasteiger partial charge in [0.25, 0.3) is 0 Å². The molecular weight excluding hydrogens is 420 g/mol. The van der Waals surface area contributed by atoms with E-state index in [0.29, 0.717) is 19.0 Å². The van der Waals surface area contributed by atoms with E-state index in [1.54, 1.807) is 4.90 Å². The molecule has 0 unspecified atom stereocenters. The first-order valence-electron chi connectivity index (χ1n) is 11.3. The van der Waals surface area contributed by atoms with Crippen LogP contribution in [0.1, 0.15) is 35.2 Å². The van der Waals surface area contributed by atoms with E-state index >= 15 is 0 Å². The lowest BCUT2D eigenvalue weighted by Crippen LogP contribution is -2.60. The number of aromatic nitrogens is 2. The SMILES string of the molecule is CCC1(O)CN(Cc2ccc(OC3CN(C(=O)c4nnc(-c5ccccc5)o4)C3)cc2C)C1. The van der Waals surface area contributed by atoms with Gasteiger partial charge >= 0.3 is 11.8 Å². The molecule has 2 saturated heterocycles. The second kappa shape index (κ2) is 8.61. The highest BCUT2D eigenvalue weighted by Crippen LogP contribution is 2.28. The third kappa shape index (κ3) is 4.49. The zero-order valence-corrected chi connectivity index (χ0v) is 18.9. The average Bonchev–Trinajstić information content (AvgIpc) is 3.27. The summed E-state index contributed by atoms with van der Waals surface area (Å²) in [5.74, 6) is 0.845. The van der Waals surface area contributed by atoms with Crippen LogP contribution in [0.2, 0.25) is 0 Å². The molecule has 0 bridgehead atoms. The number of benzene rings is 2. The maximum atomic E-state index is 12.6. The first-order valence-corrected chi connectivity index (χ1v) is 11.3. The molecule has 0 radical (unpaired) electrons. The second-order valence-electron chi connectivity index (χ2n) is 9.04. The van der Waals surface area contributed by atoms with E-state index < -0.39 is 5.60 Å². The van der Waals surface area contributed by atoms with Crippen molar-refractivity contribution in [3.8, 4) is 17.2 Å². The number of aliphatic hydroxyl groups is 1. The number of hydrogen-bond donors (Lipinski definition) is 1. The first-order chi connectivity index (χ1) is 15.9. The molecule has 8 nitrogen and oxygen atoms in total. The summed E-state index contributed by atoms with van der Waals surface area (Å²) in [4.78, 5) is 16.5. The number of carbonyl (C=O) groups excluding carboxylic acids is 1. The lowest BCUT2D eigenvalue weighted by Gasteiger charge is -2.46. The molecule has 5 rings (SSSR count). The Morgan fingerprint density at radius 2 is 1.94 bits per heavy atom. The molecule has 3 aromatic rings. The summed E-state index contributed by atoms with van der Waals surface area (Å²) in [5.41, 5.74) is 2.65. The van der Waals surface area contributed by atoms with Crippen LogP contribution in [0.5, 0.6) is 5.75 Å². The van der Waals surface area contributed by atoms with Gasteiger partial charge in [0.1, 0.15) is 11.9 Å². The van der Waals surface area contributed by atoms with Gasteiger partial charge in [-0.15, -0.1) is 10.2 Å². The summed E-state index contributed by atoms with van der Waals surface area (Å²) in [6.45, 7) is 7.33. The van der Waals surface area contributed by atoms with Crippen molar-refractivity contribution in [2.75, 3.05) is 26.2 Å². The number of nitrogens with zero attached hydrogens (tertiary/aromatic N) is 4. The third-order valence-electron chi connectivity index (χ3n) is 6.47. The van der Waals surface area contributed by atoms with Crippen LogP contribution in [0, 0.1) is 6.92 Å². The fourth-order valence-electron chi connectivity index (χ4n) is 4.29. The molecule has 172 valence electrons. The Kier molecular flexibility index (Phi) is 5.64. The topological polar surface area (TPSA) is 91.9 Å². The van der Waals surface area contributed by atoms with Crippen molar-refractivity contribution in [1.29, 1.82) is 0 Å². The van der Waals surface area contributed by atoms with Gasteiger partial charge in [-0.2, -0.15) is 0 Å². The normalized spacial score (nSPS) is 18.0. The molecule has 0 aliphatic carbocycles. The van der Waals surface area contributed by atoms with Crippen LogP contribution in [-0.4, -0.2) is 68.9 Å². The van der Waals surface area contributed by atoms with Crippen molar-refractivity contribution >= 4 is 5.91 Å². The number of amides is 1. The van der Waals surface area contributed by atoms with E-state index in [1.807, 2.05) is 49.4 Å². The quantitative estimate of drug-likeness (QED) is 0.594. The van der Waals surface area contributed by atoms with E-state index in [4.69, 9.17) is 9.15 Å². The van der Waals surface area contributed by atoms with Crippen LogP contribution < -0.4 is 4.74 Å². The molecule has 0 atom stereocenters. The smallest absolute Gasteiger partial charge is 0.311 e. The predicted molar refractivity (Wildman–Crippen MR) is 122 cm³/mol. The maximum absolute atomic E-state index is 12.6. The maximum Gasteiger partial charge on any atom is 0.311 e. The fourth-order valence-corrected chi connectivity index (χ4v) is 4.29. The molecule has 2 aromatic carbocycles. The molecule has 3 heterocycles. The minimum Gasteiger partial charge on any atom is -0.487 e. The number of ether oxygens (including phenoxy) is 1. The lowest BCUT2D eigenvalue weighted by atomic mass is 9.90. The first kappa shape index (κ1) is 21.6. The summed E-state index contributed by atoms with van der Waals surface area (Å²) in [6.07, 6.45) is 0.724. The summed E-state index contributed by atoms with van der Waals surface area (Å²) in [6, 6.07) is 15.5. The highest BCUT2D eigenvalue weighted by molar-refractivity contribution is 5.90. The van der Waals surface area contributed by atoms with Crippen molar-refractivity contribution in [2.45, 2.75) is 38.5 Å². The largest absolute Gasteiger partial charge is 0.487 e. The molecular formula is C25H28N4O4. The number of carbonyl (C=O) groups is 1. The zero-order valence-electron chi connectivity index (χ0n) is 18.9. The van der Waals surface area contributed by atoms with Crippen LogP contribution in [0.4, 0.5) is 0 Å². The highest BCUT2D eigenvalue weighted by Gasteiger charge is 2.39. The number of hydrogen-bond acceptors (Lipinski definition) is 7. The summed E-state index contributed by atoms with van der Waals surface area (Å²) in [5, 5.41) is 18.1. The van der Waals surface area contributed by atoms with Crippen LogP contribution >= 0.6 is 0 Å². The molecule has 2 aliphatic heterocycles. The Balaban J connectivity index is 1.12. The number of β-amino-alcohol motifs (C(OH)–C–C–N with tert-alkyl or cyclic N) is 1. The van der Waals surface area contributed by atoms with E-state index in [1.165, 1.54) is 5.56 Å². The molecule has 2 fully saturated rings. The van der Waals surface area contributed by atoms with Gasteiger partial charge in [0, 0.05) is 25.2 Å². The van der Waals surface area contributed by atoms with Gasteiger partial charge < -0.3 is 19.2 Å². The van der Waals surface area contributed by atoms with Crippen molar-refractivity contribution in [3.05, 3.63) is 65.5 Å². The summed E-state index contributed by atoms with van der Waals surface area (Å²) >= 11 is 0. The van der Waals surface area contributed by atoms with Crippen LogP contribution in [-0.2, 0) is 6.54 Å². The van der Waals surface area contributed by atoms with E-state index in [-0.39, 0.29) is 17.9 Å². The van der Waals surface area contributed by atoms with Gasteiger partial charge in [-0.3, -0.25) is 9.69 Å². The summed E-state index contributed by atoms with van der Waals surface area (Å²) in [7, 11) is 0. The van der Waals surface area contributed by atoms with E-state index in [9.17, 15) is 9.90 Å². The molecule has 0 spiro atoms. The Hall–Kier alpha value is -3.23. The summed E-state index contributed by atoms with van der Waals surface area (Å²) < 4.78 is 11.6. The van der Waals surface area contributed by atoms with Gasteiger partial charge in [-0.25, -0.2) is 0 Å². The molecule has 1 amide bonds. The molecule has 1 N–H and O–H groups in total. The molecule has 1 aromatic heterocycles. The van der Waals surface area contributed by atoms with E-state index in [0.717, 1.165) is 42.9 Å². The Morgan fingerprint density at radius 3 is 2.64 bits per heavy atom. The van der Waals surface area contributed by atoms with Crippen molar-refractivity contribution in [2.24, 2.45) is 0 Å². The Morgan fingerprint density at radius 1 is 1.18 bits per heavy atom. The number of likely N-dealkylation sites (tertiary alicyclic amines) is 2. The standard InChI is InChI=1S/C25H28N4O4/c1-3-25(31)15-28(16-25)12-19-9-10-20(11-17(19)2)32-21-13-29(14-21)24(30)23-27-26-22(33-23)18-7-5-4-6-8-18/h4-11,21,31H,3,12-16H2,1-2H3. The van der Waals surface area contributed by atoms with E-state index in [2.05, 4.69) is 28.1 Å². The van der Waals surface area contributed by atoms with Crippen LogP contribution in [0.15, 0.2) is 52.9 Å². The van der Waals surface area contributed by atoms with Gasteiger partial charge in [-0.1, -0.05) is 31.2 Å². The molecule has 8 heteroatoms. The van der Waals surface area contributed by atoms with Gasteiger partial charge in [-0.05, 0) is 48.7 Å². The van der Waals surface area contributed by atoms with Gasteiger partial charge in [0.05, 0.1) is 18.7 Å². The number of rotatable bonds is 7. The predicted octanol–water partition coefficient (Wildman–Crippen LogP) is 2.91. The Bertz CT molecular complexity index is 1130. The van der Waals surface area contributed by atoms with Gasteiger partial charge in [0.15, 0.2) is 0 Å².